The van der Waals surface area contributed by atoms with Crippen LogP contribution < -0.4 is 5.32 Å². The third-order valence-corrected chi connectivity index (χ3v) is 4.81. The number of carbonyl (C=O) groups excluding carboxylic acids is 1. The van der Waals surface area contributed by atoms with E-state index in [1.54, 1.807) is 12.1 Å². The van der Waals surface area contributed by atoms with E-state index in [0.29, 0.717) is 6.54 Å². The standard InChI is InChI=1S/C18H26FN3O3/c1-13(18(25)20-11-14-3-5-15(19)6-4-14)22-9-7-16(8-10-22)21(2)12-17(23)24/h3-6,13,16H,7-12H2,1-2H3,(H,20,25)(H,23,24). The molecule has 1 saturated heterocycles. The molecule has 2 N–H and O–H groups in total. The van der Waals surface area contributed by atoms with E-state index in [9.17, 15) is 14.0 Å². The van der Waals surface area contributed by atoms with E-state index < -0.39 is 5.97 Å². The summed E-state index contributed by atoms with van der Waals surface area (Å²) in [6.07, 6.45) is 1.69. The minimum absolute atomic E-state index is 0.0401. The second kappa shape index (κ2) is 8.92. The number of likely N-dealkylation sites (N-methyl/N-ethyl adjacent to an activating group) is 1. The zero-order chi connectivity index (χ0) is 18.4. The van der Waals surface area contributed by atoms with Crippen LogP contribution in [0.4, 0.5) is 4.39 Å². The Bertz CT molecular complexity index is 586. The highest BCUT2D eigenvalue weighted by atomic mass is 19.1. The first-order chi connectivity index (χ1) is 11.9. The summed E-state index contributed by atoms with van der Waals surface area (Å²) in [5.74, 6) is -1.17. The Morgan fingerprint density at radius 1 is 1.32 bits per heavy atom. The summed E-state index contributed by atoms with van der Waals surface area (Å²) in [5, 5.41) is 11.8. The van der Waals surface area contributed by atoms with Gasteiger partial charge in [0.2, 0.25) is 5.91 Å². The van der Waals surface area contributed by atoms with Crippen molar-refractivity contribution in [1.82, 2.24) is 15.1 Å². The molecule has 0 bridgehead atoms. The molecule has 0 radical (unpaired) electrons. The van der Waals surface area contributed by atoms with Gasteiger partial charge in [-0.1, -0.05) is 12.1 Å². The minimum Gasteiger partial charge on any atom is -0.480 e. The summed E-state index contributed by atoms with van der Waals surface area (Å²) in [4.78, 5) is 27.1. The Balaban J connectivity index is 1.77. The Labute approximate surface area is 147 Å². The Kier molecular flexibility index (Phi) is 6.90. The van der Waals surface area contributed by atoms with Crippen LogP contribution in [0.1, 0.15) is 25.3 Å². The van der Waals surface area contributed by atoms with Gasteiger partial charge in [0.05, 0.1) is 12.6 Å². The number of carboxylic acids is 1. The van der Waals surface area contributed by atoms with Crippen molar-refractivity contribution in [2.45, 2.75) is 38.4 Å². The lowest BCUT2D eigenvalue weighted by Crippen LogP contribution is -2.51. The molecule has 0 aromatic heterocycles. The number of rotatable bonds is 7. The fourth-order valence-corrected chi connectivity index (χ4v) is 3.16. The smallest absolute Gasteiger partial charge is 0.317 e. The van der Waals surface area contributed by atoms with Crippen molar-refractivity contribution < 1.29 is 19.1 Å². The van der Waals surface area contributed by atoms with E-state index in [2.05, 4.69) is 10.2 Å². The quantitative estimate of drug-likeness (QED) is 0.775. The average Bonchev–Trinajstić information content (AvgIpc) is 2.60. The molecule has 138 valence electrons. The molecule has 25 heavy (non-hydrogen) atoms. The maximum Gasteiger partial charge on any atom is 0.317 e. The second-order valence-electron chi connectivity index (χ2n) is 6.60. The maximum absolute atomic E-state index is 12.9. The van der Waals surface area contributed by atoms with Gasteiger partial charge in [0.25, 0.3) is 0 Å². The van der Waals surface area contributed by atoms with Gasteiger partial charge in [0.15, 0.2) is 0 Å². The third kappa shape index (κ3) is 5.79. The topological polar surface area (TPSA) is 72.9 Å². The summed E-state index contributed by atoms with van der Waals surface area (Å²) < 4.78 is 12.9. The number of carbonyl (C=O) groups is 2. The molecule has 6 nitrogen and oxygen atoms in total. The number of nitrogens with one attached hydrogen (secondary N) is 1. The number of carboxylic acid groups (broad SMARTS) is 1. The van der Waals surface area contributed by atoms with Gasteiger partial charge in [-0.3, -0.25) is 19.4 Å². The fraction of sp³-hybridized carbons (Fsp3) is 0.556. The summed E-state index contributed by atoms with van der Waals surface area (Å²) in [6, 6.07) is 6.06. The van der Waals surface area contributed by atoms with E-state index >= 15 is 0 Å². The molecule has 0 saturated carbocycles. The lowest BCUT2D eigenvalue weighted by Gasteiger charge is -2.38. The van der Waals surface area contributed by atoms with Crippen molar-refractivity contribution in [3.05, 3.63) is 35.6 Å². The van der Waals surface area contributed by atoms with Crippen LogP contribution in [0.25, 0.3) is 0 Å². The van der Waals surface area contributed by atoms with Gasteiger partial charge in [0, 0.05) is 25.7 Å². The number of piperidine rings is 1. The average molecular weight is 351 g/mol. The fourth-order valence-electron chi connectivity index (χ4n) is 3.16. The molecule has 1 aliphatic heterocycles. The third-order valence-electron chi connectivity index (χ3n) is 4.81. The first kappa shape index (κ1) is 19.3. The highest BCUT2D eigenvalue weighted by Gasteiger charge is 2.28. The van der Waals surface area contributed by atoms with Gasteiger partial charge in [-0.25, -0.2) is 4.39 Å². The number of aliphatic carboxylic acids is 1. The predicted octanol–water partition coefficient (Wildman–Crippen LogP) is 1.31. The lowest BCUT2D eigenvalue weighted by atomic mass is 10.0. The van der Waals surface area contributed by atoms with E-state index in [1.807, 2.05) is 18.9 Å². The van der Waals surface area contributed by atoms with Gasteiger partial charge in [-0.15, -0.1) is 0 Å². The largest absolute Gasteiger partial charge is 0.480 e. The van der Waals surface area contributed by atoms with E-state index in [4.69, 9.17) is 5.11 Å². The Morgan fingerprint density at radius 2 is 1.92 bits per heavy atom. The normalized spacial score (nSPS) is 17.4. The molecule has 1 fully saturated rings. The Morgan fingerprint density at radius 3 is 2.48 bits per heavy atom. The first-order valence-corrected chi connectivity index (χ1v) is 8.55. The summed E-state index contributed by atoms with van der Waals surface area (Å²) in [5.41, 5.74) is 0.857. The molecular weight excluding hydrogens is 325 g/mol. The van der Waals surface area contributed by atoms with Crippen molar-refractivity contribution in [2.24, 2.45) is 0 Å². The number of amides is 1. The molecule has 0 aliphatic carbocycles. The van der Waals surface area contributed by atoms with Crippen LogP contribution in [-0.4, -0.2) is 65.5 Å². The van der Waals surface area contributed by atoms with Gasteiger partial charge in [0.1, 0.15) is 5.82 Å². The number of likely N-dealkylation sites (tertiary alicyclic amines) is 1. The van der Waals surface area contributed by atoms with Gasteiger partial charge in [-0.05, 0) is 44.5 Å². The predicted molar refractivity (Wildman–Crippen MR) is 92.6 cm³/mol. The zero-order valence-corrected chi connectivity index (χ0v) is 14.7. The van der Waals surface area contributed by atoms with Crippen LogP contribution in [0.15, 0.2) is 24.3 Å². The molecule has 2 rings (SSSR count). The lowest BCUT2D eigenvalue weighted by molar-refractivity contribution is -0.138. The van der Waals surface area contributed by atoms with Crippen LogP contribution in [0.5, 0.6) is 0 Å². The molecule has 1 atom stereocenters. The van der Waals surface area contributed by atoms with Crippen LogP contribution in [-0.2, 0) is 16.1 Å². The summed E-state index contributed by atoms with van der Waals surface area (Å²) in [7, 11) is 1.83. The van der Waals surface area contributed by atoms with Gasteiger partial charge >= 0.3 is 5.97 Å². The number of hydrogen-bond acceptors (Lipinski definition) is 4. The summed E-state index contributed by atoms with van der Waals surface area (Å²) >= 11 is 0. The van der Waals surface area contributed by atoms with E-state index in [1.165, 1.54) is 12.1 Å². The highest BCUT2D eigenvalue weighted by molar-refractivity contribution is 5.81. The minimum atomic E-state index is -0.821. The van der Waals surface area contributed by atoms with Crippen molar-refractivity contribution in [2.75, 3.05) is 26.7 Å². The number of nitrogens with zero attached hydrogens (tertiary/aromatic N) is 2. The second-order valence-corrected chi connectivity index (χ2v) is 6.60. The van der Waals surface area contributed by atoms with Crippen LogP contribution in [0.2, 0.25) is 0 Å². The first-order valence-electron chi connectivity index (χ1n) is 8.55. The Hall–Kier alpha value is -1.99. The van der Waals surface area contributed by atoms with Crippen molar-refractivity contribution in [3.63, 3.8) is 0 Å². The zero-order valence-electron chi connectivity index (χ0n) is 14.7. The van der Waals surface area contributed by atoms with Gasteiger partial charge in [-0.2, -0.15) is 0 Å². The van der Waals surface area contributed by atoms with Crippen LogP contribution in [0, 0.1) is 5.82 Å². The molecule has 1 unspecified atom stereocenters. The maximum atomic E-state index is 12.9. The van der Waals surface area contributed by atoms with Crippen molar-refractivity contribution >= 4 is 11.9 Å². The number of benzene rings is 1. The molecule has 1 aromatic rings. The van der Waals surface area contributed by atoms with E-state index in [0.717, 1.165) is 31.5 Å². The molecule has 0 spiro atoms. The summed E-state index contributed by atoms with van der Waals surface area (Å²) in [6.45, 7) is 3.82. The number of halogens is 1. The van der Waals surface area contributed by atoms with E-state index in [-0.39, 0.29) is 30.4 Å². The molecule has 7 heteroatoms. The monoisotopic (exact) mass is 351 g/mol. The molecule has 1 heterocycles. The van der Waals surface area contributed by atoms with Gasteiger partial charge < -0.3 is 10.4 Å². The molecule has 1 aromatic carbocycles. The number of hydrogen-bond donors (Lipinski definition) is 2. The molecule has 1 aliphatic rings. The molecule has 1 amide bonds. The van der Waals surface area contributed by atoms with Crippen LogP contribution >= 0.6 is 0 Å². The molecular formula is C18H26FN3O3. The highest BCUT2D eigenvalue weighted by Crippen LogP contribution is 2.17. The van der Waals surface area contributed by atoms with Crippen LogP contribution in [0.3, 0.4) is 0 Å². The van der Waals surface area contributed by atoms with Crippen molar-refractivity contribution in [3.8, 4) is 0 Å². The SMILES string of the molecule is CC(C(=O)NCc1ccc(F)cc1)N1CCC(N(C)CC(=O)O)CC1. The van der Waals surface area contributed by atoms with Crippen molar-refractivity contribution in [1.29, 1.82) is 0 Å².